The van der Waals surface area contributed by atoms with E-state index in [1.54, 1.807) is 0 Å². The van der Waals surface area contributed by atoms with Crippen molar-refractivity contribution in [2.45, 2.75) is 5.41 Å². The zero-order valence-electron chi connectivity index (χ0n) is 38.2. The topological polar surface area (TPSA) is 19.6 Å². The molecule has 0 fully saturated rings. The second-order valence-corrected chi connectivity index (χ2v) is 18.3. The Morgan fingerprint density at radius 3 is 1.67 bits per heavy atom. The summed E-state index contributed by atoms with van der Waals surface area (Å²) in [5.74, 6) is 0. The molecule has 3 heteroatoms. The Labute approximate surface area is 407 Å². The number of benzene rings is 11. The second kappa shape index (κ2) is 16.0. The molecule has 1 aromatic heterocycles. The molecule has 0 amide bonds. The number of hydrogen-bond acceptors (Lipinski definition) is 3. The average Bonchev–Trinajstić information content (AvgIpc) is 3.97. The van der Waals surface area contributed by atoms with Gasteiger partial charge in [0.1, 0.15) is 11.2 Å². The van der Waals surface area contributed by atoms with Gasteiger partial charge in [-0.05, 0) is 122 Å². The predicted octanol–water partition coefficient (Wildman–Crippen LogP) is 18.2. The van der Waals surface area contributed by atoms with Crippen molar-refractivity contribution < 1.29 is 4.42 Å². The van der Waals surface area contributed by atoms with Crippen LogP contribution < -0.4 is 9.80 Å². The van der Waals surface area contributed by atoms with E-state index in [1.807, 2.05) is 6.07 Å². The minimum absolute atomic E-state index is 0.606. The maximum atomic E-state index is 6.36. The van der Waals surface area contributed by atoms with E-state index in [2.05, 4.69) is 271 Å². The first-order valence-corrected chi connectivity index (χ1v) is 24.1. The average molecular weight is 893 g/mol. The van der Waals surface area contributed by atoms with Crippen LogP contribution >= 0.6 is 0 Å². The Morgan fingerprint density at radius 1 is 0.343 bits per heavy atom. The molecule has 0 unspecified atom stereocenters. The second-order valence-electron chi connectivity index (χ2n) is 18.3. The van der Waals surface area contributed by atoms with E-state index in [9.17, 15) is 0 Å². The molecule has 1 spiro atoms. The van der Waals surface area contributed by atoms with E-state index < -0.39 is 5.41 Å². The van der Waals surface area contributed by atoms with Crippen molar-refractivity contribution in [3.63, 3.8) is 0 Å². The van der Waals surface area contributed by atoms with Gasteiger partial charge in [-0.3, -0.25) is 0 Å². The summed E-state index contributed by atoms with van der Waals surface area (Å²) in [5, 5.41) is 2.25. The smallest absolute Gasteiger partial charge is 0.136 e. The summed E-state index contributed by atoms with van der Waals surface area (Å²) < 4.78 is 6.36. The van der Waals surface area contributed by atoms with E-state index in [0.717, 1.165) is 66.9 Å². The van der Waals surface area contributed by atoms with Crippen LogP contribution in [0.25, 0.3) is 66.4 Å². The van der Waals surface area contributed by atoms with Gasteiger partial charge in [-0.1, -0.05) is 200 Å². The fourth-order valence-electron chi connectivity index (χ4n) is 11.8. The van der Waals surface area contributed by atoms with Crippen LogP contribution in [-0.2, 0) is 5.41 Å². The first-order chi connectivity index (χ1) is 34.8. The molecule has 0 radical (unpaired) electrons. The highest BCUT2D eigenvalue weighted by molar-refractivity contribution is 6.12. The summed E-state index contributed by atoms with van der Waals surface area (Å²) in [7, 11) is 0. The van der Waals surface area contributed by atoms with Crippen molar-refractivity contribution in [2.24, 2.45) is 0 Å². The van der Waals surface area contributed by atoms with E-state index in [0.29, 0.717) is 0 Å². The molecule has 2 aliphatic rings. The zero-order chi connectivity index (χ0) is 46.2. The van der Waals surface area contributed by atoms with Gasteiger partial charge in [-0.15, -0.1) is 0 Å². The molecule has 0 saturated heterocycles. The zero-order valence-corrected chi connectivity index (χ0v) is 38.2. The molecule has 0 N–H and O–H groups in total. The monoisotopic (exact) mass is 892 g/mol. The van der Waals surface area contributed by atoms with Crippen molar-refractivity contribution >= 4 is 56.1 Å². The van der Waals surface area contributed by atoms with Gasteiger partial charge in [0, 0.05) is 33.3 Å². The Hall–Kier alpha value is -9.18. The summed E-state index contributed by atoms with van der Waals surface area (Å²) >= 11 is 0. The normalized spacial score (nSPS) is 12.9. The van der Waals surface area contributed by atoms with Crippen molar-refractivity contribution in [2.75, 3.05) is 9.80 Å². The van der Waals surface area contributed by atoms with Crippen LogP contribution in [0.15, 0.2) is 271 Å². The number of para-hydroxylation sites is 5. The van der Waals surface area contributed by atoms with Crippen LogP contribution in [0.1, 0.15) is 22.3 Å². The molecule has 328 valence electrons. The van der Waals surface area contributed by atoms with Gasteiger partial charge < -0.3 is 14.2 Å². The summed E-state index contributed by atoms with van der Waals surface area (Å²) in [6, 6.07) is 97.4. The first-order valence-electron chi connectivity index (χ1n) is 24.1. The minimum atomic E-state index is -0.606. The Kier molecular flexibility index (Phi) is 9.11. The van der Waals surface area contributed by atoms with Crippen LogP contribution in [0.3, 0.4) is 0 Å². The lowest BCUT2D eigenvalue weighted by Gasteiger charge is -2.45. The Morgan fingerprint density at radius 2 is 0.886 bits per heavy atom. The molecule has 70 heavy (non-hydrogen) atoms. The van der Waals surface area contributed by atoms with E-state index in [1.165, 1.54) is 55.9 Å². The van der Waals surface area contributed by atoms with Crippen molar-refractivity contribution in [3.8, 4) is 44.5 Å². The lowest BCUT2D eigenvalue weighted by atomic mass is 9.64. The SMILES string of the molecule is c1ccc(-c2cccc(-c3ccccc3N(c3ccc(-c4cccc5oc6ccccc6c45)cc3)c3cccc4c3-c3ccccc3C43c4ccccc4N(c4ccccc4)c4ccccc43)c2)cc1. The first kappa shape index (κ1) is 39.9. The van der Waals surface area contributed by atoms with Crippen molar-refractivity contribution in [1.29, 1.82) is 0 Å². The summed E-state index contributed by atoms with van der Waals surface area (Å²) in [6.07, 6.45) is 0. The summed E-state index contributed by atoms with van der Waals surface area (Å²) in [5.41, 5.74) is 22.4. The van der Waals surface area contributed by atoms with Gasteiger partial charge in [-0.2, -0.15) is 0 Å². The molecule has 12 aromatic rings. The van der Waals surface area contributed by atoms with Crippen LogP contribution in [0, 0.1) is 0 Å². The van der Waals surface area contributed by atoms with E-state index in [-0.39, 0.29) is 0 Å². The third-order valence-corrected chi connectivity index (χ3v) is 14.7. The molecule has 0 saturated carbocycles. The highest BCUT2D eigenvalue weighted by Gasteiger charge is 2.52. The fraction of sp³-hybridized carbons (Fsp3) is 0.0149. The van der Waals surface area contributed by atoms with Gasteiger partial charge in [-0.25, -0.2) is 0 Å². The van der Waals surface area contributed by atoms with Crippen LogP contribution in [0.2, 0.25) is 0 Å². The molecule has 11 aromatic carbocycles. The number of anilines is 6. The maximum absolute atomic E-state index is 6.36. The van der Waals surface area contributed by atoms with Crippen molar-refractivity contribution in [3.05, 3.63) is 289 Å². The van der Waals surface area contributed by atoms with Gasteiger partial charge in [0.05, 0.1) is 28.2 Å². The molecule has 0 atom stereocenters. The lowest BCUT2D eigenvalue weighted by Crippen LogP contribution is -2.36. The van der Waals surface area contributed by atoms with Crippen LogP contribution in [0.4, 0.5) is 34.1 Å². The predicted molar refractivity (Wildman–Crippen MR) is 290 cm³/mol. The van der Waals surface area contributed by atoms with Gasteiger partial charge >= 0.3 is 0 Å². The largest absolute Gasteiger partial charge is 0.456 e. The molecule has 14 rings (SSSR count). The molecule has 0 bridgehead atoms. The number of furan rings is 1. The summed E-state index contributed by atoms with van der Waals surface area (Å²) in [4.78, 5) is 4.95. The maximum Gasteiger partial charge on any atom is 0.136 e. The summed E-state index contributed by atoms with van der Waals surface area (Å²) in [6.45, 7) is 0. The number of hydrogen-bond donors (Lipinski definition) is 0. The van der Waals surface area contributed by atoms with E-state index >= 15 is 0 Å². The highest BCUT2D eigenvalue weighted by atomic mass is 16.3. The fourth-order valence-corrected chi connectivity index (χ4v) is 11.8. The standard InChI is InChI=1S/C67H44N2O/c1-3-20-45(21-4-1)47-22-17-23-48(44-47)51-26-8-13-34-59(51)68(50-42-40-46(41-43-50)52-29-18-39-64-65(52)54-28-9-16-38-63(54)70-64)62-37-19-33-58-66(62)53-27-7-10-30-55(53)67(58)56-31-11-14-35-60(56)69(49-24-5-2-6-25-49)61-36-15-12-32-57(61)67/h1-44H. The lowest BCUT2D eigenvalue weighted by molar-refractivity contribution is 0.669. The molecular weight excluding hydrogens is 849 g/mol. The molecule has 3 nitrogen and oxygen atoms in total. The molecule has 1 aliphatic heterocycles. The molecule has 1 aliphatic carbocycles. The quantitative estimate of drug-likeness (QED) is 0.159. The van der Waals surface area contributed by atoms with E-state index in [4.69, 9.17) is 4.42 Å². The Balaban J connectivity index is 1.02. The number of rotatable bonds is 7. The van der Waals surface area contributed by atoms with Crippen molar-refractivity contribution in [1.82, 2.24) is 0 Å². The number of fused-ring (bicyclic) bond motifs is 12. The Bertz CT molecular complexity index is 3920. The minimum Gasteiger partial charge on any atom is -0.456 e. The molecule has 2 heterocycles. The van der Waals surface area contributed by atoms with Crippen LogP contribution in [0.5, 0.6) is 0 Å². The van der Waals surface area contributed by atoms with Gasteiger partial charge in [0.15, 0.2) is 0 Å². The number of nitrogens with zero attached hydrogens (tertiary/aromatic N) is 2. The van der Waals surface area contributed by atoms with Crippen LogP contribution in [-0.4, -0.2) is 0 Å². The highest BCUT2D eigenvalue weighted by Crippen LogP contribution is 2.65. The third-order valence-electron chi connectivity index (χ3n) is 14.7. The van der Waals surface area contributed by atoms with Gasteiger partial charge in [0.2, 0.25) is 0 Å². The third kappa shape index (κ3) is 5.95. The molecular formula is C67H44N2O. The van der Waals surface area contributed by atoms with Gasteiger partial charge in [0.25, 0.3) is 0 Å².